The lowest BCUT2D eigenvalue weighted by Gasteiger charge is -2.34. The molecule has 0 spiro atoms. The normalized spacial score (nSPS) is 13.1. The topological polar surface area (TPSA) is 38.7 Å². The second-order valence-electron chi connectivity index (χ2n) is 12.1. The summed E-state index contributed by atoms with van der Waals surface area (Å²) in [6.45, 7) is 4.66. The van der Waals surface area contributed by atoms with Gasteiger partial charge in [-0.1, -0.05) is 165 Å². The second kappa shape index (κ2) is 11.6. The summed E-state index contributed by atoms with van der Waals surface area (Å²) in [5.41, 5.74) is 10.4. The lowest BCUT2D eigenvalue weighted by molar-refractivity contribution is 0.607. The number of fused-ring (bicyclic) bond motifs is 2. The summed E-state index contributed by atoms with van der Waals surface area (Å²) in [5, 5.41) is 0. The van der Waals surface area contributed by atoms with Crippen LogP contribution in [0.25, 0.3) is 56.4 Å². The predicted octanol–water partition coefficient (Wildman–Crippen LogP) is 11.0. The van der Waals surface area contributed by atoms with Gasteiger partial charge in [0.15, 0.2) is 17.5 Å². The largest absolute Gasteiger partial charge is 0.208 e. The van der Waals surface area contributed by atoms with E-state index < -0.39 is 0 Å². The minimum absolute atomic E-state index is 0.0408. The highest BCUT2D eigenvalue weighted by Gasteiger charge is 2.33. The van der Waals surface area contributed by atoms with Gasteiger partial charge in [0.25, 0.3) is 0 Å². The maximum Gasteiger partial charge on any atom is 0.164 e. The highest BCUT2D eigenvalue weighted by Crippen LogP contribution is 2.50. The monoisotopic (exact) mass is 609 g/mol. The van der Waals surface area contributed by atoms with Crippen LogP contribution in [0.3, 0.4) is 0 Å². The fourth-order valence-electron chi connectivity index (χ4n) is 6.35. The van der Waals surface area contributed by atoms with Crippen molar-refractivity contribution in [3.8, 4) is 56.4 Å². The van der Waals surface area contributed by atoms with Crippen molar-refractivity contribution in [1.82, 2.24) is 15.0 Å². The molecule has 46 heavy (non-hydrogen) atoms. The zero-order chi connectivity index (χ0) is 31.1. The van der Waals surface area contributed by atoms with Crippen LogP contribution in [0.2, 0.25) is 0 Å². The van der Waals surface area contributed by atoms with E-state index in [0.29, 0.717) is 17.5 Å². The van der Waals surface area contributed by atoms with E-state index in [0.717, 1.165) is 22.3 Å². The molecule has 0 saturated heterocycles. The summed E-state index contributed by atoms with van der Waals surface area (Å²) in [6.07, 6.45) is 0. The van der Waals surface area contributed by atoms with E-state index in [1.807, 2.05) is 72.4 Å². The molecule has 0 radical (unpaired) electrons. The first-order valence-electron chi connectivity index (χ1n) is 15.5. The molecule has 0 unspecified atom stereocenters. The van der Waals surface area contributed by atoms with E-state index >= 15 is 0 Å². The standard InChI is InChI=1S/C42H31N3S/c1-42(2)35-19-11-12-20-37(35)46-38-27-32(25-26-36(38)42)34-18-10-9-17-33(34)28-21-23-31(24-22-28)41-44-39(29-13-5-3-6-14-29)43-40(45-41)30-15-7-4-8-16-30/h3-27H,1-2H3. The van der Waals surface area contributed by atoms with Gasteiger partial charge < -0.3 is 0 Å². The summed E-state index contributed by atoms with van der Waals surface area (Å²) in [7, 11) is 0. The molecule has 6 aromatic carbocycles. The summed E-state index contributed by atoms with van der Waals surface area (Å²) < 4.78 is 0. The summed E-state index contributed by atoms with van der Waals surface area (Å²) in [4.78, 5) is 17.3. The first-order valence-corrected chi connectivity index (χ1v) is 16.4. The average molecular weight is 610 g/mol. The molecule has 1 aromatic heterocycles. The molecule has 3 nitrogen and oxygen atoms in total. The SMILES string of the molecule is CC1(C)c2ccccc2Sc2cc(-c3ccccc3-c3ccc(-c4nc(-c5ccccc5)nc(-c5ccccc5)n4)cc3)ccc21. The van der Waals surface area contributed by atoms with Gasteiger partial charge in [0.05, 0.1) is 0 Å². The van der Waals surface area contributed by atoms with E-state index in [4.69, 9.17) is 15.0 Å². The van der Waals surface area contributed by atoms with Crippen molar-refractivity contribution in [2.75, 3.05) is 0 Å². The Balaban J connectivity index is 1.16. The Morgan fingerprint density at radius 3 is 1.43 bits per heavy atom. The van der Waals surface area contributed by atoms with Crippen molar-refractivity contribution in [2.24, 2.45) is 0 Å². The minimum atomic E-state index is -0.0408. The lowest BCUT2D eigenvalue weighted by Crippen LogP contribution is -2.23. The summed E-state index contributed by atoms with van der Waals surface area (Å²) in [5.74, 6) is 1.98. The van der Waals surface area contributed by atoms with E-state index in [2.05, 4.69) is 105 Å². The summed E-state index contributed by atoms with van der Waals surface area (Å²) >= 11 is 1.87. The third-order valence-electron chi connectivity index (χ3n) is 8.83. The Hall–Kier alpha value is -5.32. The third-order valence-corrected chi connectivity index (χ3v) is 9.96. The van der Waals surface area contributed by atoms with E-state index in [9.17, 15) is 0 Å². The van der Waals surface area contributed by atoms with Crippen molar-refractivity contribution in [3.63, 3.8) is 0 Å². The maximum absolute atomic E-state index is 4.91. The first-order chi connectivity index (χ1) is 22.5. The minimum Gasteiger partial charge on any atom is -0.208 e. The Morgan fingerprint density at radius 1 is 0.391 bits per heavy atom. The van der Waals surface area contributed by atoms with Crippen molar-refractivity contribution >= 4 is 11.8 Å². The predicted molar refractivity (Wildman–Crippen MR) is 190 cm³/mol. The van der Waals surface area contributed by atoms with Crippen LogP contribution in [0.5, 0.6) is 0 Å². The molecule has 0 fully saturated rings. The number of rotatable bonds is 5. The molecular weight excluding hydrogens is 579 g/mol. The smallest absolute Gasteiger partial charge is 0.164 e. The van der Waals surface area contributed by atoms with Crippen molar-refractivity contribution in [2.45, 2.75) is 29.1 Å². The third kappa shape index (κ3) is 5.11. The van der Waals surface area contributed by atoms with Crippen LogP contribution in [0, 0.1) is 0 Å². The molecule has 0 bridgehead atoms. The Morgan fingerprint density at radius 2 is 0.826 bits per heavy atom. The van der Waals surface area contributed by atoms with Gasteiger partial charge in [0.2, 0.25) is 0 Å². The van der Waals surface area contributed by atoms with Crippen LogP contribution in [-0.2, 0) is 5.41 Å². The quantitative estimate of drug-likeness (QED) is 0.195. The molecule has 7 aromatic rings. The van der Waals surface area contributed by atoms with Crippen molar-refractivity contribution in [3.05, 3.63) is 163 Å². The first kappa shape index (κ1) is 28.2. The molecule has 0 N–H and O–H groups in total. The Bertz CT molecular complexity index is 2130. The van der Waals surface area contributed by atoms with Crippen molar-refractivity contribution in [1.29, 1.82) is 0 Å². The van der Waals surface area contributed by atoms with Gasteiger partial charge in [-0.2, -0.15) is 0 Å². The molecular formula is C42H31N3S. The number of hydrogen-bond donors (Lipinski definition) is 0. The molecule has 0 atom stereocenters. The van der Waals surface area contributed by atoms with Crippen LogP contribution in [0.15, 0.2) is 161 Å². The molecule has 8 rings (SSSR count). The molecule has 0 aliphatic carbocycles. The lowest BCUT2D eigenvalue weighted by atomic mass is 9.77. The zero-order valence-corrected chi connectivity index (χ0v) is 26.5. The number of benzene rings is 6. The average Bonchev–Trinajstić information content (AvgIpc) is 3.12. The molecule has 1 aliphatic rings. The second-order valence-corrected chi connectivity index (χ2v) is 13.2. The number of aromatic nitrogens is 3. The van der Waals surface area contributed by atoms with Gasteiger partial charge in [0, 0.05) is 31.9 Å². The van der Waals surface area contributed by atoms with Crippen LogP contribution < -0.4 is 0 Å². The molecule has 2 heterocycles. The number of nitrogens with zero attached hydrogens (tertiary/aromatic N) is 3. The fraction of sp³-hybridized carbons (Fsp3) is 0.0714. The fourth-order valence-corrected chi connectivity index (χ4v) is 7.79. The molecule has 0 saturated carbocycles. The highest BCUT2D eigenvalue weighted by atomic mass is 32.2. The summed E-state index contributed by atoms with van der Waals surface area (Å²) in [6, 6.07) is 53.2. The van der Waals surface area contributed by atoms with Gasteiger partial charge >= 0.3 is 0 Å². The van der Waals surface area contributed by atoms with Crippen LogP contribution in [0.4, 0.5) is 0 Å². The molecule has 4 heteroatoms. The van der Waals surface area contributed by atoms with E-state index in [1.54, 1.807) is 0 Å². The van der Waals surface area contributed by atoms with Gasteiger partial charge in [-0.15, -0.1) is 0 Å². The Labute approximate surface area is 274 Å². The molecule has 1 aliphatic heterocycles. The van der Waals surface area contributed by atoms with Crippen LogP contribution in [0.1, 0.15) is 25.0 Å². The van der Waals surface area contributed by atoms with E-state index in [-0.39, 0.29) is 5.41 Å². The molecule has 220 valence electrons. The van der Waals surface area contributed by atoms with Crippen LogP contribution in [-0.4, -0.2) is 15.0 Å². The Kier molecular flexibility index (Phi) is 7.08. The maximum atomic E-state index is 4.91. The van der Waals surface area contributed by atoms with Gasteiger partial charge in [-0.05, 0) is 45.5 Å². The zero-order valence-electron chi connectivity index (χ0n) is 25.7. The van der Waals surface area contributed by atoms with Gasteiger partial charge in [0.1, 0.15) is 0 Å². The van der Waals surface area contributed by atoms with Crippen LogP contribution >= 0.6 is 11.8 Å². The van der Waals surface area contributed by atoms with Gasteiger partial charge in [-0.25, -0.2) is 15.0 Å². The van der Waals surface area contributed by atoms with Gasteiger partial charge in [-0.3, -0.25) is 0 Å². The van der Waals surface area contributed by atoms with Crippen molar-refractivity contribution < 1.29 is 0 Å². The highest BCUT2D eigenvalue weighted by molar-refractivity contribution is 7.99. The number of hydrogen-bond acceptors (Lipinski definition) is 4. The van der Waals surface area contributed by atoms with E-state index in [1.165, 1.54) is 37.6 Å². The molecule has 0 amide bonds.